The second-order valence-corrected chi connectivity index (χ2v) is 5.59. The van der Waals surface area contributed by atoms with Crippen molar-refractivity contribution in [3.8, 4) is 5.75 Å². The quantitative estimate of drug-likeness (QED) is 0.882. The Bertz CT molecular complexity index is 671. The Kier molecular flexibility index (Phi) is 3.80. The van der Waals surface area contributed by atoms with Crippen molar-refractivity contribution >= 4 is 17.5 Å². The van der Waals surface area contributed by atoms with Crippen molar-refractivity contribution in [2.75, 3.05) is 0 Å². The molecule has 0 unspecified atom stereocenters. The smallest absolute Gasteiger partial charge is 0.254 e. The normalized spacial score (nSPS) is 14.0. The predicted molar refractivity (Wildman–Crippen MR) is 80.2 cm³/mol. The van der Waals surface area contributed by atoms with Crippen molar-refractivity contribution in [2.45, 2.75) is 25.4 Å². The summed E-state index contributed by atoms with van der Waals surface area (Å²) < 4.78 is 0. The van der Waals surface area contributed by atoms with Crippen LogP contribution in [-0.2, 0) is 6.54 Å². The zero-order chi connectivity index (χ0) is 14.8. The fourth-order valence-corrected chi connectivity index (χ4v) is 2.48. The third-order valence-electron chi connectivity index (χ3n) is 3.49. The molecule has 0 bridgehead atoms. The standard InChI is InChI=1S/C16H15ClN2O2/c17-15-9-12(6-7-18-15)16(21)19(13-4-5-13)10-11-2-1-3-14(20)8-11/h1-3,6-9,13,20H,4-5,10H2. The fraction of sp³-hybridized carbons (Fsp3) is 0.250. The summed E-state index contributed by atoms with van der Waals surface area (Å²) >= 11 is 5.85. The SMILES string of the molecule is O=C(c1ccnc(Cl)c1)N(Cc1cccc(O)c1)C1CC1. The molecule has 0 spiro atoms. The van der Waals surface area contributed by atoms with Crippen LogP contribution < -0.4 is 0 Å². The highest BCUT2D eigenvalue weighted by molar-refractivity contribution is 6.29. The van der Waals surface area contributed by atoms with Gasteiger partial charge in [-0.25, -0.2) is 4.98 Å². The van der Waals surface area contributed by atoms with Gasteiger partial charge in [0.15, 0.2) is 0 Å². The van der Waals surface area contributed by atoms with Gasteiger partial charge in [0.2, 0.25) is 0 Å². The van der Waals surface area contributed by atoms with Crippen molar-refractivity contribution in [3.63, 3.8) is 0 Å². The number of aromatic nitrogens is 1. The fourth-order valence-electron chi connectivity index (χ4n) is 2.31. The van der Waals surface area contributed by atoms with Gasteiger partial charge in [0.1, 0.15) is 10.9 Å². The van der Waals surface area contributed by atoms with Gasteiger partial charge >= 0.3 is 0 Å². The lowest BCUT2D eigenvalue weighted by atomic mass is 10.1. The van der Waals surface area contributed by atoms with Crippen molar-refractivity contribution < 1.29 is 9.90 Å². The summed E-state index contributed by atoms with van der Waals surface area (Å²) in [6, 6.07) is 10.5. The Morgan fingerprint density at radius 1 is 1.33 bits per heavy atom. The maximum absolute atomic E-state index is 12.6. The summed E-state index contributed by atoms with van der Waals surface area (Å²) in [6.07, 6.45) is 3.57. The maximum Gasteiger partial charge on any atom is 0.254 e. The molecule has 1 saturated carbocycles. The second kappa shape index (κ2) is 5.74. The first-order chi connectivity index (χ1) is 10.1. The molecule has 1 aromatic heterocycles. The van der Waals surface area contributed by atoms with Crippen LogP contribution >= 0.6 is 11.6 Å². The van der Waals surface area contributed by atoms with Gasteiger partial charge in [-0.15, -0.1) is 0 Å². The van der Waals surface area contributed by atoms with Crippen LogP contribution in [0.3, 0.4) is 0 Å². The van der Waals surface area contributed by atoms with E-state index in [0.29, 0.717) is 17.3 Å². The summed E-state index contributed by atoms with van der Waals surface area (Å²) in [7, 11) is 0. The highest BCUT2D eigenvalue weighted by Crippen LogP contribution is 2.30. The number of rotatable bonds is 4. The van der Waals surface area contributed by atoms with E-state index in [0.717, 1.165) is 18.4 Å². The third kappa shape index (κ3) is 3.34. The maximum atomic E-state index is 12.6. The van der Waals surface area contributed by atoms with Crippen LogP contribution in [0.15, 0.2) is 42.6 Å². The molecule has 0 aliphatic heterocycles. The number of pyridine rings is 1. The number of halogens is 1. The molecule has 1 heterocycles. The number of hydrogen-bond acceptors (Lipinski definition) is 3. The van der Waals surface area contributed by atoms with E-state index in [-0.39, 0.29) is 17.7 Å². The molecule has 3 rings (SSSR count). The van der Waals surface area contributed by atoms with E-state index in [4.69, 9.17) is 11.6 Å². The molecule has 1 amide bonds. The van der Waals surface area contributed by atoms with Crippen molar-refractivity contribution in [1.29, 1.82) is 0 Å². The number of phenols is 1. The molecule has 108 valence electrons. The number of carbonyl (C=O) groups is 1. The minimum absolute atomic E-state index is 0.0508. The summed E-state index contributed by atoms with van der Waals surface area (Å²) in [5.41, 5.74) is 1.46. The molecule has 1 aliphatic rings. The molecular weight excluding hydrogens is 288 g/mol. The molecule has 1 fully saturated rings. The van der Waals surface area contributed by atoms with Crippen molar-refractivity contribution in [2.24, 2.45) is 0 Å². The topological polar surface area (TPSA) is 53.4 Å². The minimum Gasteiger partial charge on any atom is -0.508 e. The van der Waals surface area contributed by atoms with Gasteiger partial charge in [-0.3, -0.25) is 4.79 Å². The number of amides is 1. The van der Waals surface area contributed by atoms with E-state index in [2.05, 4.69) is 4.98 Å². The third-order valence-corrected chi connectivity index (χ3v) is 3.69. The monoisotopic (exact) mass is 302 g/mol. The predicted octanol–water partition coefficient (Wildman–Crippen LogP) is 3.25. The van der Waals surface area contributed by atoms with Crippen LogP contribution in [0.1, 0.15) is 28.8 Å². The molecule has 1 N–H and O–H groups in total. The Morgan fingerprint density at radius 2 is 2.14 bits per heavy atom. The van der Waals surface area contributed by atoms with Crippen LogP contribution in [-0.4, -0.2) is 26.9 Å². The van der Waals surface area contributed by atoms with E-state index in [9.17, 15) is 9.90 Å². The lowest BCUT2D eigenvalue weighted by Gasteiger charge is -2.22. The number of hydrogen-bond donors (Lipinski definition) is 1. The van der Waals surface area contributed by atoms with Crippen LogP contribution in [0.25, 0.3) is 0 Å². The van der Waals surface area contributed by atoms with E-state index < -0.39 is 0 Å². The number of benzene rings is 1. The van der Waals surface area contributed by atoms with Crippen molar-refractivity contribution in [3.05, 3.63) is 58.9 Å². The lowest BCUT2D eigenvalue weighted by Crippen LogP contribution is -2.32. The van der Waals surface area contributed by atoms with E-state index in [1.807, 2.05) is 11.0 Å². The highest BCUT2D eigenvalue weighted by atomic mass is 35.5. The number of aromatic hydroxyl groups is 1. The first-order valence-corrected chi connectivity index (χ1v) is 7.22. The van der Waals surface area contributed by atoms with Gasteiger partial charge < -0.3 is 10.0 Å². The zero-order valence-electron chi connectivity index (χ0n) is 11.4. The average molecular weight is 303 g/mol. The van der Waals surface area contributed by atoms with Gasteiger partial charge in [-0.1, -0.05) is 23.7 Å². The summed E-state index contributed by atoms with van der Waals surface area (Å²) in [6.45, 7) is 0.484. The van der Waals surface area contributed by atoms with E-state index in [1.54, 1.807) is 30.3 Å². The first-order valence-electron chi connectivity index (χ1n) is 6.84. The van der Waals surface area contributed by atoms with Crippen LogP contribution in [0, 0.1) is 0 Å². The summed E-state index contributed by atoms with van der Waals surface area (Å²) in [5, 5.41) is 9.86. The van der Waals surface area contributed by atoms with Gasteiger partial charge in [0, 0.05) is 24.3 Å². The summed E-state index contributed by atoms with van der Waals surface area (Å²) in [4.78, 5) is 18.4. The Hall–Kier alpha value is -2.07. The largest absolute Gasteiger partial charge is 0.508 e. The molecule has 21 heavy (non-hydrogen) atoms. The van der Waals surface area contributed by atoms with E-state index in [1.165, 1.54) is 6.20 Å². The molecule has 1 aliphatic carbocycles. The first kappa shape index (κ1) is 13.9. The number of phenolic OH excluding ortho intramolecular Hbond substituents is 1. The summed E-state index contributed by atoms with van der Waals surface area (Å²) in [5.74, 6) is 0.160. The Morgan fingerprint density at radius 3 is 2.81 bits per heavy atom. The number of carbonyl (C=O) groups excluding carboxylic acids is 1. The second-order valence-electron chi connectivity index (χ2n) is 5.20. The van der Waals surface area contributed by atoms with Crippen LogP contribution in [0.4, 0.5) is 0 Å². The van der Waals surface area contributed by atoms with Crippen LogP contribution in [0.5, 0.6) is 5.75 Å². The lowest BCUT2D eigenvalue weighted by molar-refractivity contribution is 0.0729. The van der Waals surface area contributed by atoms with Crippen LogP contribution in [0.2, 0.25) is 5.15 Å². The number of nitrogens with zero attached hydrogens (tertiary/aromatic N) is 2. The van der Waals surface area contributed by atoms with Gasteiger partial charge in [0.05, 0.1) is 0 Å². The zero-order valence-corrected chi connectivity index (χ0v) is 12.1. The molecule has 1 aromatic carbocycles. The minimum atomic E-state index is -0.0508. The Balaban J connectivity index is 1.83. The molecule has 0 radical (unpaired) electrons. The van der Waals surface area contributed by atoms with Crippen molar-refractivity contribution in [1.82, 2.24) is 9.88 Å². The molecule has 0 atom stereocenters. The molecule has 5 heteroatoms. The highest BCUT2D eigenvalue weighted by Gasteiger charge is 2.33. The van der Waals surface area contributed by atoms with Gasteiger partial charge in [-0.05, 0) is 42.7 Å². The van der Waals surface area contributed by atoms with E-state index >= 15 is 0 Å². The molecular formula is C16H15ClN2O2. The molecule has 2 aromatic rings. The molecule has 0 saturated heterocycles. The average Bonchev–Trinajstić information content (AvgIpc) is 3.29. The van der Waals surface area contributed by atoms with Gasteiger partial charge in [0.25, 0.3) is 5.91 Å². The Labute approximate surface area is 128 Å². The molecule has 4 nitrogen and oxygen atoms in total. The van der Waals surface area contributed by atoms with Gasteiger partial charge in [-0.2, -0.15) is 0 Å².